The number of nitrogens with one attached hydrogen (secondary N) is 3. The van der Waals surface area contributed by atoms with E-state index in [1.807, 2.05) is 0 Å². The molecule has 4 heteroatoms. The van der Waals surface area contributed by atoms with Crippen LogP contribution in [0.25, 0.3) is 10.9 Å². The van der Waals surface area contributed by atoms with Gasteiger partial charge in [-0.15, -0.1) is 0 Å². The van der Waals surface area contributed by atoms with E-state index in [9.17, 15) is 4.79 Å². The molecule has 1 spiro atoms. The number of hydrogen-bond donors (Lipinski definition) is 3. The van der Waals surface area contributed by atoms with Gasteiger partial charge in [-0.1, -0.05) is 87.1 Å². The number of rotatable bonds is 3. The quantitative estimate of drug-likeness (QED) is 0.475. The highest BCUT2D eigenvalue weighted by atomic mass is 16.2. The van der Waals surface area contributed by atoms with E-state index in [2.05, 4.69) is 70.2 Å². The fourth-order valence-corrected chi connectivity index (χ4v) is 6.81. The molecule has 3 N–H and O–H groups in total. The minimum absolute atomic E-state index is 0.00603. The van der Waals surface area contributed by atoms with Crippen molar-refractivity contribution in [2.75, 3.05) is 0 Å². The number of carbonyl (C=O) groups is 1. The molecule has 1 aliphatic heterocycles. The van der Waals surface area contributed by atoms with Gasteiger partial charge < -0.3 is 10.3 Å². The first-order valence-electron chi connectivity index (χ1n) is 13.0. The maximum absolute atomic E-state index is 14.0. The van der Waals surface area contributed by atoms with E-state index in [0.717, 1.165) is 25.7 Å². The first-order valence-corrected chi connectivity index (χ1v) is 13.0. The molecule has 2 atom stereocenters. The van der Waals surface area contributed by atoms with Crippen LogP contribution in [-0.2, 0) is 10.3 Å². The molecule has 0 saturated heterocycles. The SMILES string of the molecule is O=C(NC1CCCCC1)[C@@H]1NC2(CCCCC2)c2[nH]c3ccccc3c2[C@H]1c1ccccc1. The van der Waals surface area contributed by atoms with Crippen LogP contribution in [0.2, 0.25) is 0 Å². The van der Waals surface area contributed by atoms with Crippen molar-refractivity contribution in [1.82, 2.24) is 15.6 Å². The topological polar surface area (TPSA) is 56.9 Å². The third kappa shape index (κ3) is 3.69. The van der Waals surface area contributed by atoms with Crippen LogP contribution in [0.15, 0.2) is 54.6 Å². The molecule has 0 bridgehead atoms. The molecule has 2 aliphatic carbocycles. The molecular weight excluding hydrogens is 406 g/mol. The predicted molar refractivity (Wildman–Crippen MR) is 133 cm³/mol. The summed E-state index contributed by atoms with van der Waals surface area (Å²) in [7, 11) is 0. The van der Waals surface area contributed by atoms with Crippen LogP contribution in [0.5, 0.6) is 0 Å². The minimum atomic E-state index is -0.265. The Morgan fingerprint density at radius 3 is 2.33 bits per heavy atom. The summed E-state index contributed by atoms with van der Waals surface area (Å²) >= 11 is 0. The Balaban J connectivity index is 1.50. The fourth-order valence-electron chi connectivity index (χ4n) is 6.81. The normalized spacial score (nSPS) is 25.1. The van der Waals surface area contributed by atoms with Gasteiger partial charge in [-0.05, 0) is 42.9 Å². The van der Waals surface area contributed by atoms with Gasteiger partial charge in [0.15, 0.2) is 0 Å². The van der Waals surface area contributed by atoms with E-state index in [4.69, 9.17) is 0 Å². The number of fused-ring (bicyclic) bond motifs is 4. The predicted octanol–water partition coefficient (Wildman–Crippen LogP) is 5.88. The molecule has 2 aromatic carbocycles. The lowest BCUT2D eigenvalue weighted by Gasteiger charge is -2.47. The summed E-state index contributed by atoms with van der Waals surface area (Å²) in [6, 6.07) is 19.4. The molecule has 33 heavy (non-hydrogen) atoms. The van der Waals surface area contributed by atoms with Gasteiger partial charge in [-0.2, -0.15) is 0 Å². The summed E-state index contributed by atoms with van der Waals surface area (Å²) in [4.78, 5) is 17.8. The van der Waals surface area contributed by atoms with Crippen LogP contribution in [0, 0.1) is 0 Å². The average molecular weight is 442 g/mol. The van der Waals surface area contributed by atoms with Crippen molar-refractivity contribution in [3.05, 3.63) is 71.4 Å². The highest BCUT2D eigenvalue weighted by Crippen LogP contribution is 2.49. The van der Waals surface area contributed by atoms with Gasteiger partial charge in [-0.3, -0.25) is 10.1 Å². The maximum Gasteiger partial charge on any atom is 0.238 e. The summed E-state index contributed by atoms with van der Waals surface area (Å²) in [6.07, 6.45) is 11.8. The fraction of sp³-hybridized carbons (Fsp3) is 0.483. The Kier molecular flexibility index (Phi) is 5.49. The number of benzene rings is 2. The van der Waals surface area contributed by atoms with E-state index in [1.54, 1.807) is 0 Å². The Morgan fingerprint density at radius 2 is 1.55 bits per heavy atom. The second kappa shape index (κ2) is 8.64. The van der Waals surface area contributed by atoms with E-state index >= 15 is 0 Å². The molecule has 1 amide bonds. The van der Waals surface area contributed by atoms with Crippen LogP contribution in [0.4, 0.5) is 0 Å². The maximum atomic E-state index is 14.0. The van der Waals surface area contributed by atoms with Crippen LogP contribution in [0.1, 0.15) is 86.9 Å². The summed E-state index contributed by atoms with van der Waals surface area (Å²) in [5.41, 5.74) is 4.90. The third-order valence-corrected chi connectivity index (χ3v) is 8.40. The number of para-hydroxylation sites is 1. The van der Waals surface area contributed by atoms with E-state index in [-0.39, 0.29) is 23.4 Å². The Morgan fingerprint density at radius 1 is 0.848 bits per heavy atom. The van der Waals surface area contributed by atoms with E-state index in [0.29, 0.717) is 6.04 Å². The number of hydrogen-bond acceptors (Lipinski definition) is 2. The first-order chi connectivity index (χ1) is 16.3. The van der Waals surface area contributed by atoms with Gasteiger partial charge >= 0.3 is 0 Å². The molecule has 0 radical (unpaired) electrons. The van der Waals surface area contributed by atoms with Gasteiger partial charge in [-0.25, -0.2) is 0 Å². The second-order valence-corrected chi connectivity index (χ2v) is 10.5. The standard InChI is InChI=1S/C29H35N3O/c33-28(30-21-14-6-2-7-15-21)26-24(20-12-4-1-5-13-20)25-22-16-8-9-17-23(22)31-27(25)29(32-26)18-10-3-11-19-29/h1,4-5,8-9,12-13,16-17,21,24,26,31-32H,2-3,6-7,10-11,14-15,18-19H2,(H,30,33)/t24-,26-/m1/s1. The highest BCUT2D eigenvalue weighted by Gasteiger charge is 2.49. The molecule has 3 aromatic rings. The van der Waals surface area contributed by atoms with E-state index < -0.39 is 0 Å². The molecule has 3 aliphatic rings. The third-order valence-electron chi connectivity index (χ3n) is 8.40. The van der Waals surface area contributed by atoms with Crippen molar-refractivity contribution >= 4 is 16.8 Å². The molecule has 2 saturated carbocycles. The monoisotopic (exact) mass is 441 g/mol. The molecule has 172 valence electrons. The van der Waals surface area contributed by atoms with Gasteiger partial charge in [0.25, 0.3) is 0 Å². The molecule has 4 nitrogen and oxygen atoms in total. The molecular formula is C29H35N3O. The van der Waals surface area contributed by atoms with Gasteiger partial charge in [0.2, 0.25) is 5.91 Å². The van der Waals surface area contributed by atoms with Crippen molar-refractivity contribution in [3.8, 4) is 0 Å². The smallest absolute Gasteiger partial charge is 0.238 e. The molecule has 2 fully saturated rings. The first kappa shape index (κ1) is 21.0. The number of aromatic nitrogens is 1. The number of amides is 1. The van der Waals surface area contributed by atoms with Gasteiger partial charge in [0.05, 0.1) is 11.6 Å². The molecule has 2 heterocycles. The van der Waals surface area contributed by atoms with Crippen molar-refractivity contribution < 1.29 is 4.79 Å². The molecule has 6 rings (SSSR count). The largest absolute Gasteiger partial charge is 0.357 e. The highest BCUT2D eigenvalue weighted by molar-refractivity contribution is 5.91. The molecule has 1 aromatic heterocycles. The minimum Gasteiger partial charge on any atom is -0.357 e. The zero-order chi connectivity index (χ0) is 22.3. The lowest BCUT2D eigenvalue weighted by molar-refractivity contribution is -0.125. The lowest BCUT2D eigenvalue weighted by Crippen LogP contribution is -2.61. The molecule has 0 unspecified atom stereocenters. The van der Waals surface area contributed by atoms with Crippen LogP contribution in [-0.4, -0.2) is 23.0 Å². The Hall–Kier alpha value is -2.59. The van der Waals surface area contributed by atoms with E-state index in [1.165, 1.54) is 66.2 Å². The van der Waals surface area contributed by atoms with Crippen molar-refractivity contribution in [3.63, 3.8) is 0 Å². The number of aromatic amines is 1. The van der Waals surface area contributed by atoms with Crippen molar-refractivity contribution in [1.29, 1.82) is 0 Å². The summed E-state index contributed by atoms with van der Waals surface area (Å²) in [5, 5.41) is 8.72. The van der Waals surface area contributed by atoms with Gasteiger partial charge in [0.1, 0.15) is 0 Å². The Bertz CT molecular complexity index is 1120. The zero-order valence-corrected chi connectivity index (χ0v) is 19.4. The summed E-state index contributed by atoms with van der Waals surface area (Å²) in [6.45, 7) is 0. The number of H-pyrrole nitrogens is 1. The Labute approximate surface area is 196 Å². The van der Waals surface area contributed by atoms with Crippen molar-refractivity contribution in [2.24, 2.45) is 0 Å². The number of carbonyl (C=O) groups excluding carboxylic acids is 1. The van der Waals surface area contributed by atoms with Crippen molar-refractivity contribution in [2.45, 2.75) is 87.7 Å². The average Bonchev–Trinajstić information content (AvgIpc) is 3.26. The van der Waals surface area contributed by atoms with Crippen LogP contribution < -0.4 is 10.6 Å². The zero-order valence-electron chi connectivity index (χ0n) is 19.4. The van der Waals surface area contributed by atoms with Crippen LogP contribution >= 0.6 is 0 Å². The van der Waals surface area contributed by atoms with Gasteiger partial charge in [0, 0.05) is 28.6 Å². The summed E-state index contributed by atoms with van der Waals surface area (Å²) in [5.74, 6) is 0.171. The lowest BCUT2D eigenvalue weighted by atomic mass is 9.69. The second-order valence-electron chi connectivity index (χ2n) is 10.5. The van der Waals surface area contributed by atoms with Crippen LogP contribution in [0.3, 0.4) is 0 Å². The summed E-state index contributed by atoms with van der Waals surface area (Å²) < 4.78 is 0.